The summed E-state index contributed by atoms with van der Waals surface area (Å²) in [5, 5.41) is 6.28. The number of rotatable bonds is 6. The summed E-state index contributed by atoms with van der Waals surface area (Å²) in [7, 11) is 0. The van der Waals surface area contributed by atoms with Crippen LogP contribution in [-0.4, -0.2) is 31.2 Å². The Morgan fingerprint density at radius 2 is 1.71 bits per heavy atom. The lowest BCUT2D eigenvalue weighted by atomic mass is 9.74. The molecule has 2 aliphatic rings. The number of alkyl halides is 6. The van der Waals surface area contributed by atoms with Crippen LogP contribution >= 0.6 is 0 Å². The summed E-state index contributed by atoms with van der Waals surface area (Å²) < 4.78 is 84.3. The molecule has 1 aromatic rings. The molecule has 1 aliphatic heterocycles. The van der Waals surface area contributed by atoms with Crippen LogP contribution in [-0.2, 0) is 28.4 Å². The molecule has 0 bridgehead atoms. The van der Waals surface area contributed by atoms with Crippen LogP contribution in [0.2, 0.25) is 0 Å². The summed E-state index contributed by atoms with van der Waals surface area (Å²) in [4.78, 5) is 13.2. The number of carbonyl (C=O) groups is 1. The van der Waals surface area contributed by atoms with Crippen LogP contribution in [0.1, 0.15) is 63.1 Å². The Morgan fingerprint density at radius 3 is 2.24 bits per heavy atom. The van der Waals surface area contributed by atoms with Gasteiger partial charge in [0.15, 0.2) is 0 Å². The van der Waals surface area contributed by atoms with Crippen LogP contribution in [0.25, 0.3) is 0 Å². The Morgan fingerprint density at radius 1 is 1.09 bits per heavy atom. The average molecular weight is 495 g/mol. The monoisotopic (exact) mass is 494 g/mol. The van der Waals surface area contributed by atoms with E-state index in [-0.39, 0.29) is 35.5 Å². The summed E-state index contributed by atoms with van der Waals surface area (Å²) in [6.07, 6.45) is -7.03. The molecule has 192 valence electrons. The second kappa shape index (κ2) is 10.0. The molecule has 0 radical (unpaired) electrons. The van der Waals surface area contributed by atoms with Gasteiger partial charge in [-0.05, 0) is 61.3 Å². The molecule has 3 rings (SSSR count). The predicted octanol–water partition coefficient (Wildman–Crippen LogP) is 5.55. The molecule has 1 aromatic carbocycles. The van der Waals surface area contributed by atoms with Gasteiger partial charge in [-0.25, -0.2) is 0 Å². The van der Waals surface area contributed by atoms with E-state index in [0.717, 1.165) is 12.8 Å². The van der Waals surface area contributed by atoms with Crippen molar-refractivity contribution >= 4 is 5.91 Å². The quantitative estimate of drug-likeness (QED) is 0.510. The van der Waals surface area contributed by atoms with Crippen LogP contribution in [0.4, 0.5) is 26.3 Å². The smallest absolute Gasteiger partial charge is 0.381 e. The first-order valence-electron chi connectivity index (χ1n) is 11.6. The molecule has 0 unspecified atom stereocenters. The fourth-order valence-corrected chi connectivity index (χ4v) is 5.12. The first-order valence-corrected chi connectivity index (χ1v) is 11.6. The van der Waals surface area contributed by atoms with Crippen molar-refractivity contribution in [1.29, 1.82) is 0 Å². The summed E-state index contributed by atoms with van der Waals surface area (Å²) in [5.74, 6) is -0.0307. The van der Waals surface area contributed by atoms with E-state index in [1.807, 2.05) is 13.8 Å². The zero-order chi connectivity index (χ0) is 25.3. The standard InChI is InChI=1S/C24H32F6N2O2/c1-14(2)22(6-4-19(11-22)32-20-5-7-34-13-15(20)3)21(33)31-12-16-8-17(23(25,26)27)10-18(9-16)24(28,29)30/h8-10,14-15,19-20,32H,4-7,11-13H2,1-3H3,(H,31,33)/t15-,19-,20+,22+/m1/s1. The lowest BCUT2D eigenvalue weighted by molar-refractivity contribution is -0.143. The van der Waals surface area contributed by atoms with Crippen molar-refractivity contribution in [1.82, 2.24) is 10.6 Å². The number of hydrogen-bond acceptors (Lipinski definition) is 3. The molecule has 10 heteroatoms. The van der Waals surface area contributed by atoms with E-state index >= 15 is 0 Å². The predicted molar refractivity (Wildman–Crippen MR) is 115 cm³/mol. The van der Waals surface area contributed by atoms with Crippen molar-refractivity contribution in [3.05, 3.63) is 34.9 Å². The van der Waals surface area contributed by atoms with Crippen LogP contribution < -0.4 is 10.6 Å². The van der Waals surface area contributed by atoms with Crippen LogP contribution in [0, 0.1) is 17.3 Å². The maximum Gasteiger partial charge on any atom is 0.416 e. The third kappa shape index (κ3) is 6.05. The Bertz CT molecular complexity index is 838. The van der Waals surface area contributed by atoms with Crippen molar-refractivity contribution in [3.8, 4) is 0 Å². The van der Waals surface area contributed by atoms with E-state index in [0.29, 0.717) is 44.1 Å². The van der Waals surface area contributed by atoms with E-state index in [4.69, 9.17) is 4.74 Å². The fourth-order valence-electron chi connectivity index (χ4n) is 5.12. The Balaban J connectivity index is 1.72. The minimum atomic E-state index is -4.93. The van der Waals surface area contributed by atoms with Gasteiger partial charge in [-0.2, -0.15) is 26.3 Å². The van der Waals surface area contributed by atoms with Gasteiger partial charge in [0.2, 0.25) is 5.91 Å². The first kappa shape index (κ1) is 26.8. The molecule has 4 atom stereocenters. The molecule has 1 saturated carbocycles. The van der Waals surface area contributed by atoms with Gasteiger partial charge in [0.25, 0.3) is 0 Å². The van der Waals surface area contributed by atoms with Crippen LogP contribution in [0.5, 0.6) is 0 Å². The van der Waals surface area contributed by atoms with Gasteiger partial charge in [-0.1, -0.05) is 20.8 Å². The third-order valence-electron chi connectivity index (χ3n) is 7.30. The molecule has 0 aromatic heterocycles. The average Bonchev–Trinajstić information content (AvgIpc) is 3.17. The van der Waals surface area contributed by atoms with Crippen molar-refractivity contribution in [3.63, 3.8) is 0 Å². The van der Waals surface area contributed by atoms with Crippen molar-refractivity contribution in [2.24, 2.45) is 17.3 Å². The number of carbonyl (C=O) groups excluding carboxylic acids is 1. The highest BCUT2D eigenvalue weighted by atomic mass is 19.4. The minimum Gasteiger partial charge on any atom is -0.381 e. The molecule has 1 amide bonds. The molecule has 1 aliphatic carbocycles. The molecule has 0 spiro atoms. The SMILES string of the molecule is CC(C)[C@]1(C(=O)NCc2cc(C(F)(F)F)cc(C(F)(F)F)c2)CC[C@@H](N[C@H]2CCOC[C@H]2C)C1. The lowest BCUT2D eigenvalue weighted by Gasteiger charge is -2.35. The van der Waals surface area contributed by atoms with Crippen LogP contribution in [0.3, 0.4) is 0 Å². The summed E-state index contributed by atoms with van der Waals surface area (Å²) >= 11 is 0. The largest absolute Gasteiger partial charge is 0.416 e. The Kier molecular flexibility index (Phi) is 7.92. The molecular weight excluding hydrogens is 462 g/mol. The zero-order valence-electron chi connectivity index (χ0n) is 19.6. The van der Waals surface area contributed by atoms with Gasteiger partial charge in [0.1, 0.15) is 0 Å². The van der Waals surface area contributed by atoms with Gasteiger partial charge in [0, 0.05) is 25.2 Å². The van der Waals surface area contributed by atoms with Gasteiger partial charge in [0.05, 0.1) is 23.1 Å². The zero-order valence-corrected chi connectivity index (χ0v) is 19.6. The maximum atomic E-state index is 13.2. The number of amides is 1. The normalized spacial score (nSPS) is 28.4. The van der Waals surface area contributed by atoms with E-state index in [2.05, 4.69) is 17.6 Å². The number of nitrogens with one attached hydrogen (secondary N) is 2. The molecule has 2 fully saturated rings. The molecule has 4 nitrogen and oxygen atoms in total. The van der Waals surface area contributed by atoms with Gasteiger partial charge < -0.3 is 15.4 Å². The lowest BCUT2D eigenvalue weighted by Crippen LogP contribution is -2.48. The van der Waals surface area contributed by atoms with Crippen molar-refractivity contribution in [2.45, 2.75) is 77.4 Å². The number of benzene rings is 1. The molecule has 1 heterocycles. The van der Waals surface area contributed by atoms with E-state index in [1.54, 1.807) is 0 Å². The molecule has 34 heavy (non-hydrogen) atoms. The van der Waals surface area contributed by atoms with E-state index in [1.165, 1.54) is 0 Å². The first-order chi connectivity index (χ1) is 15.7. The highest BCUT2D eigenvalue weighted by Crippen LogP contribution is 2.45. The summed E-state index contributed by atoms with van der Waals surface area (Å²) in [6, 6.07) is 1.80. The molecule has 2 N–H and O–H groups in total. The number of hydrogen-bond donors (Lipinski definition) is 2. The minimum absolute atomic E-state index is 0.0429. The Labute approximate surface area is 195 Å². The van der Waals surface area contributed by atoms with E-state index < -0.39 is 35.4 Å². The van der Waals surface area contributed by atoms with E-state index in [9.17, 15) is 31.1 Å². The second-order valence-corrected chi connectivity index (χ2v) is 9.96. The van der Waals surface area contributed by atoms with Gasteiger partial charge >= 0.3 is 12.4 Å². The van der Waals surface area contributed by atoms with Gasteiger partial charge in [-0.3, -0.25) is 4.79 Å². The molecular formula is C24H32F6N2O2. The third-order valence-corrected chi connectivity index (χ3v) is 7.30. The number of ether oxygens (including phenoxy) is 1. The van der Waals surface area contributed by atoms with Crippen molar-refractivity contribution in [2.75, 3.05) is 13.2 Å². The summed E-state index contributed by atoms with van der Waals surface area (Å²) in [5.41, 5.74) is -3.75. The van der Waals surface area contributed by atoms with Gasteiger partial charge in [-0.15, -0.1) is 0 Å². The highest BCUT2D eigenvalue weighted by molar-refractivity contribution is 5.83. The number of halogens is 6. The Hall–Kier alpha value is -1.81. The second-order valence-electron chi connectivity index (χ2n) is 9.96. The molecule has 1 saturated heterocycles. The summed E-state index contributed by atoms with van der Waals surface area (Å²) in [6.45, 7) is 6.91. The highest BCUT2D eigenvalue weighted by Gasteiger charge is 2.48. The van der Waals surface area contributed by atoms with Crippen molar-refractivity contribution < 1.29 is 35.9 Å². The topological polar surface area (TPSA) is 50.4 Å². The van der Waals surface area contributed by atoms with Crippen LogP contribution in [0.15, 0.2) is 18.2 Å². The fraction of sp³-hybridized carbons (Fsp3) is 0.708. The maximum absolute atomic E-state index is 13.2.